The van der Waals surface area contributed by atoms with Crippen LogP contribution < -0.4 is 4.74 Å². The van der Waals surface area contributed by atoms with Crippen LogP contribution in [-0.4, -0.2) is 45.7 Å². The first-order chi connectivity index (χ1) is 14.1. The second kappa shape index (κ2) is 8.26. The Morgan fingerprint density at radius 2 is 1.97 bits per heavy atom. The number of fused-ring (bicyclic) bond motifs is 1. The molecule has 7 nitrogen and oxygen atoms in total. The fourth-order valence-electron chi connectivity index (χ4n) is 3.37. The van der Waals surface area contributed by atoms with E-state index in [0.29, 0.717) is 17.8 Å². The minimum absolute atomic E-state index is 0.00627. The van der Waals surface area contributed by atoms with Gasteiger partial charge in [-0.15, -0.1) is 0 Å². The Kier molecular flexibility index (Phi) is 5.92. The number of nitrogens with one attached hydrogen (secondary N) is 1. The lowest BCUT2D eigenvalue weighted by molar-refractivity contribution is -0.139. The molecule has 2 heterocycles. The lowest BCUT2D eigenvalue weighted by atomic mass is 9.85. The first kappa shape index (κ1) is 21.5. The van der Waals surface area contributed by atoms with Gasteiger partial charge in [-0.25, -0.2) is 9.78 Å². The molecule has 1 aliphatic heterocycles. The Morgan fingerprint density at radius 1 is 1.23 bits per heavy atom. The van der Waals surface area contributed by atoms with Crippen LogP contribution in [0.3, 0.4) is 0 Å². The molecule has 1 aliphatic rings. The number of ketones is 1. The number of aryl methyl sites for hydroxylation is 1. The van der Waals surface area contributed by atoms with Gasteiger partial charge < -0.3 is 14.7 Å². The summed E-state index contributed by atoms with van der Waals surface area (Å²) in [6.45, 7) is 8.04. The minimum atomic E-state index is -1.11. The Morgan fingerprint density at radius 3 is 2.60 bits per heavy atom. The molecule has 1 aromatic heterocycles. The zero-order chi connectivity index (χ0) is 22.1. The molecular formula is C23H27N3O4. The van der Waals surface area contributed by atoms with Crippen molar-refractivity contribution in [2.75, 3.05) is 13.2 Å². The predicted octanol–water partition coefficient (Wildman–Crippen LogP) is 3.43. The first-order valence-corrected chi connectivity index (χ1v) is 9.95. The summed E-state index contributed by atoms with van der Waals surface area (Å²) < 4.78 is 5.37. The third-order valence-corrected chi connectivity index (χ3v) is 5.13. The van der Waals surface area contributed by atoms with Crippen molar-refractivity contribution in [2.45, 2.75) is 46.1 Å². The molecule has 0 aliphatic carbocycles. The summed E-state index contributed by atoms with van der Waals surface area (Å²) in [4.78, 5) is 30.3. The van der Waals surface area contributed by atoms with Crippen molar-refractivity contribution >= 4 is 17.6 Å². The molecule has 158 valence electrons. The fourth-order valence-corrected chi connectivity index (χ4v) is 3.37. The van der Waals surface area contributed by atoms with Gasteiger partial charge in [-0.05, 0) is 35.6 Å². The van der Waals surface area contributed by atoms with Gasteiger partial charge in [0.2, 0.25) is 0 Å². The number of nitrogens with zero attached hydrogens (tertiary/aromatic N) is 2. The van der Waals surface area contributed by atoms with Crippen molar-refractivity contribution in [2.24, 2.45) is 0 Å². The van der Waals surface area contributed by atoms with Crippen LogP contribution in [0.25, 0.3) is 0 Å². The van der Waals surface area contributed by atoms with E-state index in [1.165, 1.54) is 0 Å². The van der Waals surface area contributed by atoms with Gasteiger partial charge in [0, 0.05) is 17.8 Å². The van der Waals surface area contributed by atoms with E-state index in [-0.39, 0.29) is 29.3 Å². The fraction of sp³-hybridized carbons (Fsp3) is 0.391. The minimum Gasteiger partial charge on any atom is -0.481 e. The van der Waals surface area contributed by atoms with Crippen LogP contribution in [0, 0.1) is 5.41 Å². The van der Waals surface area contributed by atoms with E-state index in [4.69, 9.17) is 15.3 Å². The highest BCUT2D eigenvalue weighted by Gasteiger charge is 2.29. The van der Waals surface area contributed by atoms with Crippen LogP contribution >= 0.6 is 0 Å². The SMILES string of the molecule is CCc1ccc2c(n1)C(=N)N(CC(=O)c1cc(C(C)(C)C)ccc1OCC(=O)O)C2. The molecule has 0 saturated carbocycles. The summed E-state index contributed by atoms with van der Waals surface area (Å²) in [5.74, 6) is -0.865. The number of amidine groups is 1. The molecular weight excluding hydrogens is 382 g/mol. The summed E-state index contributed by atoms with van der Waals surface area (Å²) in [6, 6.07) is 9.16. The monoisotopic (exact) mass is 409 g/mol. The lowest BCUT2D eigenvalue weighted by Crippen LogP contribution is -2.31. The first-order valence-electron chi connectivity index (χ1n) is 9.95. The smallest absolute Gasteiger partial charge is 0.341 e. The van der Waals surface area contributed by atoms with Gasteiger partial charge in [-0.2, -0.15) is 0 Å². The third kappa shape index (κ3) is 4.50. The zero-order valence-electron chi connectivity index (χ0n) is 17.8. The molecule has 2 N–H and O–H groups in total. The number of carboxylic acids is 1. The number of Topliss-reactive ketones (excluding diaryl/α,β-unsaturated/α-hetero) is 1. The Bertz CT molecular complexity index is 1010. The van der Waals surface area contributed by atoms with E-state index in [0.717, 1.165) is 23.2 Å². The van der Waals surface area contributed by atoms with Crippen molar-refractivity contribution < 1.29 is 19.4 Å². The van der Waals surface area contributed by atoms with Gasteiger partial charge in [0.1, 0.15) is 17.3 Å². The molecule has 30 heavy (non-hydrogen) atoms. The van der Waals surface area contributed by atoms with Gasteiger partial charge in [0.05, 0.1) is 12.1 Å². The Labute approximate surface area is 176 Å². The van der Waals surface area contributed by atoms with Gasteiger partial charge in [-0.1, -0.05) is 39.8 Å². The quantitative estimate of drug-likeness (QED) is 0.679. The normalized spacial score (nSPS) is 13.3. The Balaban J connectivity index is 1.86. The number of carbonyl (C=O) groups excluding carboxylic acids is 1. The molecule has 0 unspecified atom stereocenters. The summed E-state index contributed by atoms with van der Waals surface area (Å²) in [7, 11) is 0. The van der Waals surface area contributed by atoms with E-state index in [9.17, 15) is 9.59 Å². The molecule has 0 saturated heterocycles. The van der Waals surface area contributed by atoms with Crippen molar-refractivity contribution in [3.8, 4) is 5.75 Å². The maximum Gasteiger partial charge on any atom is 0.341 e. The molecule has 1 aromatic carbocycles. The summed E-state index contributed by atoms with van der Waals surface area (Å²) >= 11 is 0. The van der Waals surface area contributed by atoms with Gasteiger partial charge in [0.15, 0.2) is 12.4 Å². The molecule has 0 fully saturated rings. The van der Waals surface area contributed by atoms with E-state index in [1.807, 2.05) is 45.9 Å². The number of benzene rings is 1. The molecule has 3 rings (SSSR count). The van der Waals surface area contributed by atoms with Gasteiger partial charge >= 0.3 is 5.97 Å². The van der Waals surface area contributed by atoms with Crippen LogP contribution in [-0.2, 0) is 23.2 Å². The Hall–Kier alpha value is -3.22. The van der Waals surface area contributed by atoms with Crippen molar-refractivity contribution in [3.05, 3.63) is 58.4 Å². The van der Waals surface area contributed by atoms with Crippen LogP contribution in [0.2, 0.25) is 0 Å². The highest BCUT2D eigenvalue weighted by atomic mass is 16.5. The predicted molar refractivity (Wildman–Crippen MR) is 113 cm³/mol. The number of rotatable bonds is 7. The molecule has 0 radical (unpaired) electrons. The average molecular weight is 409 g/mol. The molecule has 7 heteroatoms. The maximum absolute atomic E-state index is 13.2. The van der Waals surface area contributed by atoms with Crippen molar-refractivity contribution in [1.82, 2.24) is 9.88 Å². The van der Waals surface area contributed by atoms with Crippen LogP contribution in [0.5, 0.6) is 5.75 Å². The average Bonchev–Trinajstić information content (AvgIpc) is 3.00. The lowest BCUT2D eigenvalue weighted by Gasteiger charge is -2.22. The molecule has 0 amide bonds. The number of carboxylic acid groups (broad SMARTS) is 1. The van der Waals surface area contributed by atoms with Crippen molar-refractivity contribution in [3.63, 3.8) is 0 Å². The number of aliphatic carboxylic acids is 1. The van der Waals surface area contributed by atoms with Crippen molar-refractivity contribution in [1.29, 1.82) is 5.41 Å². The molecule has 2 aromatic rings. The summed E-state index contributed by atoms with van der Waals surface area (Å²) in [5.41, 5.74) is 3.55. The van der Waals surface area contributed by atoms with E-state index >= 15 is 0 Å². The van der Waals surface area contributed by atoms with Crippen LogP contribution in [0.15, 0.2) is 30.3 Å². The number of hydrogen-bond donors (Lipinski definition) is 2. The van der Waals surface area contributed by atoms with Crippen LogP contribution in [0.4, 0.5) is 0 Å². The van der Waals surface area contributed by atoms with E-state index < -0.39 is 12.6 Å². The second-order valence-corrected chi connectivity index (χ2v) is 8.44. The number of ether oxygens (including phenoxy) is 1. The second-order valence-electron chi connectivity index (χ2n) is 8.44. The van der Waals surface area contributed by atoms with E-state index in [2.05, 4.69) is 4.98 Å². The highest BCUT2D eigenvalue weighted by molar-refractivity contribution is 6.05. The topological polar surface area (TPSA) is 104 Å². The largest absolute Gasteiger partial charge is 0.481 e. The molecule has 0 spiro atoms. The molecule has 0 atom stereocenters. The number of aromatic nitrogens is 1. The van der Waals surface area contributed by atoms with E-state index in [1.54, 1.807) is 17.0 Å². The number of hydrogen-bond acceptors (Lipinski definition) is 5. The standard InChI is InChI=1S/C23H27N3O4/c1-5-16-8-6-14-11-26(22(24)21(14)25-16)12-18(27)17-10-15(23(2,3)4)7-9-19(17)30-13-20(28)29/h6-10,24H,5,11-13H2,1-4H3,(H,28,29). The summed E-state index contributed by atoms with van der Waals surface area (Å²) in [6.07, 6.45) is 0.781. The molecule has 0 bridgehead atoms. The number of carbonyl (C=O) groups is 2. The zero-order valence-corrected chi connectivity index (χ0v) is 17.8. The van der Waals surface area contributed by atoms with Crippen LogP contribution in [0.1, 0.15) is 60.6 Å². The maximum atomic E-state index is 13.2. The highest BCUT2D eigenvalue weighted by Crippen LogP contribution is 2.29. The van der Waals surface area contributed by atoms with Gasteiger partial charge in [-0.3, -0.25) is 10.2 Å². The van der Waals surface area contributed by atoms with Gasteiger partial charge in [0.25, 0.3) is 0 Å². The third-order valence-electron chi connectivity index (χ3n) is 5.13. The summed E-state index contributed by atoms with van der Waals surface area (Å²) in [5, 5.41) is 17.4. The number of pyridine rings is 1.